The quantitative estimate of drug-likeness (QED) is 0.892. The van der Waals surface area contributed by atoms with Crippen LogP contribution in [-0.2, 0) is 0 Å². The third-order valence-corrected chi connectivity index (χ3v) is 3.17. The summed E-state index contributed by atoms with van der Waals surface area (Å²) in [6, 6.07) is 11.8. The van der Waals surface area contributed by atoms with Gasteiger partial charge in [0, 0.05) is 0 Å². The number of aliphatic hydroxyl groups is 1. The van der Waals surface area contributed by atoms with Crippen LogP contribution in [0.4, 0.5) is 4.39 Å². The zero-order valence-electron chi connectivity index (χ0n) is 11.8. The van der Waals surface area contributed by atoms with E-state index in [1.54, 1.807) is 13.0 Å². The molecule has 1 atom stereocenters. The Balaban J connectivity index is 2.26. The van der Waals surface area contributed by atoms with E-state index >= 15 is 0 Å². The van der Waals surface area contributed by atoms with Crippen molar-refractivity contribution in [1.82, 2.24) is 0 Å². The number of halogens is 1. The maximum Gasteiger partial charge on any atom is 0.123 e. The van der Waals surface area contributed by atoms with Crippen LogP contribution >= 0.6 is 0 Å². The molecule has 0 radical (unpaired) electrons. The Morgan fingerprint density at radius 3 is 2.70 bits per heavy atom. The first-order chi connectivity index (χ1) is 9.61. The van der Waals surface area contributed by atoms with Crippen molar-refractivity contribution in [3.05, 3.63) is 65.0 Å². The van der Waals surface area contributed by atoms with Gasteiger partial charge in [-0.2, -0.15) is 0 Å². The molecule has 106 valence electrons. The third kappa shape index (κ3) is 3.36. The minimum atomic E-state index is -0.777. The fourth-order valence-electron chi connectivity index (χ4n) is 2.12. The van der Waals surface area contributed by atoms with E-state index in [-0.39, 0.29) is 5.82 Å². The van der Waals surface area contributed by atoms with Crippen molar-refractivity contribution in [3.8, 4) is 5.75 Å². The fourth-order valence-corrected chi connectivity index (χ4v) is 2.12. The van der Waals surface area contributed by atoms with Crippen molar-refractivity contribution in [2.75, 3.05) is 6.61 Å². The molecule has 0 aromatic heterocycles. The van der Waals surface area contributed by atoms with Gasteiger partial charge >= 0.3 is 0 Å². The zero-order valence-corrected chi connectivity index (χ0v) is 11.8. The van der Waals surface area contributed by atoms with Crippen molar-refractivity contribution in [1.29, 1.82) is 0 Å². The van der Waals surface area contributed by atoms with E-state index in [1.165, 1.54) is 12.1 Å². The van der Waals surface area contributed by atoms with E-state index < -0.39 is 6.10 Å². The van der Waals surface area contributed by atoms with Crippen LogP contribution in [0.15, 0.2) is 42.5 Å². The summed E-state index contributed by atoms with van der Waals surface area (Å²) in [7, 11) is 0. The SMILES string of the molecule is CCCOc1cccc(C(O)c2ccc(F)cc2C)c1. The average Bonchev–Trinajstić information content (AvgIpc) is 2.45. The maximum absolute atomic E-state index is 13.1. The van der Waals surface area contributed by atoms with Gasteiger partial charge in [0.15, 0.2) is 0 Å². The first-order valence-electron chi connectivity index (χ1n) is 6.78. The van der Waals surface area contributed by atoms with E-state index in [2.05, 4.69) is 0 Å². The summed E-state index contributed by atoms with van der Waals surface area (Å²) < 4.78 is 18.7. The minimum Gasteiger partial charge on any atom is -0.494 e. The molecule has 0 aliphatic heterocycles. The molecule has 2 nitrogen and oxygen atoms in total. The van der Waals surface area contributed by atoms with E-state index in [9.17, 15) is 9.50 Å². The van der Waals surface area contributed by atoms with Gasteiger partial charge in [-0.05, 0) is 54.3 Å². The predicted molar refractivity (Wildman–Crippen MR) is 77.4 cm³/mol. The van der Waals surface area contributed by atoms with Gasteiger partial charge in [0.2, 0.25) is 0 Å². The molecule has 2 aromatic carbocycles. The smallest absolute Gasteiger partial charge is 0.123 e. The Bertz CT molecular complexity index is 581. The summed E-state index contributed by atoms with van der Waals surface area (Å²) in [6.45, 7) is 4.48. The monoisotopic (exact) mass is 274 g/mol. The largest absolute Gasteiger partial charge is 0.494 e. The highest BCUT2D eigenvalue weighted by Crippen LogP contribution is 2.27. The minimum absolute atomic E-state index is 0.293. The first kappa shape index (κ1) is 14.5. The van der Waals surface area contributed by atoms with Crippen LogP contribution in [0, 0.1) is 12.7 Å². The van der Waals surface area contributed by atoms with E-state index in [4.69, 9.17) is 4.74 Å². The second kappa shape index (κ2) is 6.53. The molecule has 0 heterocycles. The second-order valence-electron chi connectivity index (χ2n) is 4.82. The average molecular weight is 274 g/mol. The van der Waals surface area contributed by atoms with E-state index in [0.717, 1.165) is 23.3 Å². The van der Waals surface area contributed by atoms with Gasteiger partial charge in [-0.1, -0.05) is 25.1 Å². The van der Waals surface area contributed by atoms with Crippen LogP contribution < -0.4 is 4.74 Å². The molecule has 20 heavy (non-hydrogen) atoms. The summed E-state index contributed by atoms with van der Waals surface area (Å²) in [5, 5.41) is 10.4. The van der Waals surface area contributed by atoms with Gasteiger partial charge < -0.3 is 9.84 Å². The summed E-state index contributed by atoms with van der Waals surface area (Å²) >= 11 is 0. The van der Waals surface area contributed by atoms with Gasteiger partial charge in [0.05, 0.1) is 6.61 Å². The molecule has 0 amide bonds. The normalized spacial score (nSPS) is 12.2. The molecule has 1 N–H and O–H groups in total. The highest BCUT2D eigenvalue weighted by atomic mass is 19.1. The summed E-state index contributed by atoms with van der Waals surface area (Å²) in [4.78, 5) is 0. The Morgan fingerprint density at radius 2 is 2.00 bits per heavy atom. The van der Waals surface area contributed by atoms with Crippen molar-refractivity contribution < 1.29 is 14.2 Å². The number of aryl methyl sites for hydroxylation is 1. The van der Waals surface area contributed by atoms with Crippen molar-refractivity contribution in [2.24, 2.45) is 0 Å². The Kier molecular flexibility index (Phi) is 4.74. The van der Waals surface area contributed by atoms with Crippen LogP contribution in [0.3, 0.4) is 0 Å². The predicted octanol–water partition coefficient (Wildman–Crippen LogP) is 4.00. The molecule has 0 spiro atoms. The van der Waals surface area contributed by atoms with Gasteiger partial charge in [-0.15, -0.1) is 0 Å². The number of benzene rings is 2. The summed E-state index contributed by atoms with van der Waals surface area (Å²) in [6.07, 6.45) is 0.157. The van der Waals surface area contributed by atoms with Crippen LogP contribution in [0.25, 0.3) is 0 Å². The van der Waals surface area contributed by atoms with Crippen LogP contribution in [0.2, 0.25) is 0 Å². The first-order valence-corrected chi connectivity index (χ1v) is 6.78. The lowest BCUT2D eigenvalue weighted by Crippen LogP contribution is -2.03. The maximum atomic E-state index is 13.1. The molecule has 0 aliphatic rings. The van der Waals surface area contributed by atoms with Gasteiger partial charge in [0.1, 0.15) is 17.7 Å². The van der Waals surface area contributed by atoms with Crippen molar-refractivity contribution >= 4 is 0 Å². The van der Waals surface area contributed by atoms with Crippen LogP contribution in [0.1, 0.15) is 36.1 Å². The molecule has 3 heteroatoms. The van der Waals surface area contributed by atoms with Gasteiger partial charge in [0.25, 0.3) is 0 Å². The molecule has 0 aliphatic carbocycles. The molecule has 0 bridgehead atoms. The molecule has 2 rings (SSSR count). The van der Waals surface area contributed by atoms with E-state index in [1.807, 2.05) is 31.2 Å². The molecule has 2 aromatic rings. The molecule has 0 saturated heterocycles. The lowest BCUT2D eigenvalue weighted by atomic mass is 9.97. The Labute approximate surface area is 118 Å². The van der Waals surface area contributed by atoms with Crippen LogP contribution in [0.5, 0.6) is 5.75 Å². The summed E-state index contributed by atoms with van der Waals surface area (Å²) in [5.74, 6) is 0.446. The number of rotatable bonds is 5. The van der Waals surface area contributed by atoms with Crippen molar-refractivity contribution in [2.45, 2.75) is 26.4 Å². The Hall–Kier alpha value is -1.87. The molecular weight excluding hydrogens is 255 g/mol. The molecule has 0 saturated carbocycles. The number of aliphatic hydroxyl groups excluding tert-OH is 1. The molecule has 1 unspecified atom stereocenters. The standard InChI is InChI=1S/C17H19FO2/c1-3-9-20-15-6-4-5-13(11-15)17(19)16-8-7-14(18)10-12(16)2/h4-8,10-11,17,19H,3,9H2,1-2H3. The fraction of sp³-hybridized carbons (Fsp3) is 0.294. The molecular formula is C17H19FO2. The van der Waals surface area contributed by atoms with Gasteiger partial charge in [-0.3, -0.25) is 0 Å². The lowest BCUT2D eigenvalue weighted by molar-refractivity contribution is 0.218. The number of hydrogen-bond donors (Lipinski definition) is 1. The molecule has 0 fully saturated rings. The number of ether oxygens (including phenoxy) is 1. The Morgan fingerprint density at radius 1 is 1.20 bits per heavy atom. The zero-order chi connectivity index (χ0) is 14.5. The second-order valence-corrected chi connectivity index (χ2v) is 4.82. The third-order valence-electron chi connectivity index (χ3n) is 3.17. The topological polar surface area (TPSA) is 29.5 Å². The summed E-state index contributed by atoms with van der Waals surface area (Å²) in [5.41, 5.74) is 2.18. The van der Waals surface area contributed by atoms with Gasteiger partial charge in [-0.25, -0.2) is 4.39 Å². The van der Waals surface area contributed by atoms with Crippen molar-refractivity contribution in [3.63, 3.8) is 0 Å². The highest BCUT2D eigenvalue weighted by molar-refractivity contribution is 5.38. The number of hydrogen-bond acceptors (Lipinski definition) is 2. The lowest BCUT2D eigenvalue weighted by Gasteiger charge is -2.15. The van der Waals surface area contributed by atoms with E-state index in [0.29, 0.717) is 12.2 Å². The highest BCUT2D eigenvalue weighted by Gasteiger charge is 2.14. The van der Waals surface area contributed by atoms with Crippen LogP contribution in [-0.4, -0.2) is 11.7 Å².